The number of fused-ring (bicyclic) bond motifs is 1. The number of aliphatic hydroxyl groups excluding tert-OH is 1. The topological polar surface area (TPSA) is 36.4 Å². The molecule has 0 fully saturated rings. The second-order valence-corrected chi connectivity index (χ2v) is 5.15. The van der Waals surface area contributed by atoms with Crippen LogP contribution in [0.15, 0.2) is 48.7 Å². The highest BCUT2D eigenvalue weighted by Crippen LogP contribution is 2.34. The predicted octanol–water partition coefficient (Wildman–Crippen LogP) is 2.17. The number of aliphatic hydroxyl groups is 1. The SMILES string of the molecule is CN(Cc1ccccn1)C1Cc2ccccc2C1O. The molecule has 98 valence electrons. The van der Waals surface area contributed by atoms with Gasteiger partial charge in [0.1, 0.15) is 0 Å². The zero-order valence-corrected chi connectivity index (χ0v) is 11.0. The molecule has 3 nitrogen and oxygen atoms in total. The number of nitrogens with zero attached hydrogens (tertiary/aromatic N) is 2. The van der Waals surface area contributed by atoms with Gasteiger partial charge < -0.3 is 5.11 Å². The second kappa shape index (κ2) is 5.11. The van der Waals surface area contributed by atoms with Crippen LogP contribution in [0.1, 0.15) is 22.9 Å². The highest BCUT2D eigenvalue weighted by atomic mass is 16.3. The first-order chi connectivity index (χ1) is 9.25. The van der Waals surface area contributed by atoms with Gasteiger partial charge in [-0.3, -0.25) is 9.88 Å². The molecule has 0 bridgehead atoms. The Morgan fingerprint density at radius 1 is 1.21 bits per heavy atom. The van der Waals surface area contributed by atoms with Gasteiger partial charge in [-0.25, -0.2) is 0 Å². The van der Waals surface area contributed by atoms with Crippen LogP contribution in [0.4, 0.5) is 0 Å². The quantitative estimate of drug-likeness (QED) is 0.912. The minimum atomic E-state index is -0.398. The lowest BCUT2D eigenvalue weighted by atomic mass is 10.1. The standard InChI is InChI=1S/C16H18N2O/c1-18(11-13-7-4-5-9-17-13)15-10-12-6-2-3-8-14(12)16(15)19/h2-9,15-16,19H,10-11H2,1H3. The van der Waals surface area contributed by atoms with Crippen molar-refractivity contribution in [3.05, 3.63) is 65.5 Å². The summed E-state index contributed by atoms with van der Waals surface area (Å²) in [5.41, 5.74) is 3.36. The van der Waals surface area contributed by atoms with E-state index in [4.69, 9.17) is 0 Å². The molecule has 1 aliphatic rings. The summed E-state index contributed by atoms with van der Waals surface area (Å²) in [4.78, 5) is 6.53. The lowest BCUT2D eigenvalue weighted by molar-refractivity contribution is 0.0715. The second-order valence-electron chi connectivity index (χ2n) is 5.15. The minimum Gasteiger partial charge on any atom is -0.387 e. The van der Waals surface area contributed by atoms with Gasteiger partial charge in [0.15, 0.2) is 0 Å². The molecule has 3 heteroatoms. The van der Waals surface area contributed by atoms with Gasteiger partial charge in [0, 0.05) is 18.8 Å². The van der Waals surface area contributed by atoms with Crippen LogP contribution in [0, 0.1) is 0 Å². The molecule has 0 spiro atoms. The van der Waals surface area contributed by atoms with Gasteiger partial charge in [0.25, 0.3) is 0 Å². The van der Waals surface area contributed by atoms with Crippen molar-refractivity contribution >= 4 is 0 Å². The van der Waals surface area contributed by atoms with Crippen molar-refractivity contribution in [2.45, 2.75) is 25.1 Å². The molecule has 0 aliphatic heterocycles. The monoisotopic (exact) mass is 254 g/mol. The summed E-state index contributed by atoms with van der Waals surface area (Å²) in [5, 5.41) is 10.4. The fourth-order valence-electron chi connectivity index (χ4n) is 2.81. The van der Waals surface area contributed by atoms with Crippen molar-refractivity contribution in [2.24, 2.45) is 0 Å². The Labute approximate surface area is 113 Å². The lowest BCUT2D eigenvalue weighted by Crippen LogP contribution is -2.34. The number of pyridine rings is 1. The third kappa shape index (κ3) is 2.39. The molecule has 2 atom stereocenters. The fourth-order valence-corrected chi connectivity index (χ4v) is 2.81. The van der Waals surface area contributed by atoms with E-state index in [9.17, 15) is 5.11 Å². The minimum absolute atomic E-state index is 0.138. The van der Waals surface area contributed by atoms with E-state index < -0.39 is 6.10 Å². The van der Waals surface area contributed by atoms with Crippen LogP contribution in [0.2, 0.25) is 0 Å². The van der Waals surface area contributed by atoms with Gasteiger partial charge in [-0.2, -0.15) is 0 Å². The lowest BCUT2D eigenvalue weighted by Gasteiger charge is -2.26. The Kier molecular flexibility index (Phi) is 3.32. The summed E-state index contributed by atoms with van der Waals surface area (Å²) in [6.45, 7) is 0.760. The first kappa shape index (κ1) is 12.3. The largest absolute Gasteiger partial charge is 0.387 e. The number of hydrogen-bond acceptors (Lipinski definition) is 3. The van der Waals surface area contributed by atoms with E-state index in [1.54, 1.807) is 0 Å². The van der Waals surface area contributed by atoms with Crippen molar-refractivity contribution in [2.75, 3.05) is 7.05 Å². The first-order valence-corrected chi connectivity index (χ1v) is 6.62. The normalized spacial score (nSPS) is 21.6. The van der Waals surface area contributed by atoms with Crippen molar-refractivity contribution in [1.82, 2.24) is 9.88 Å². The predicted molar refractivity (Wildman–Crippen MR) is 74.6 cm³/mol. The molecule has 1 aromatic carbocycles. The summed E-state index contributed by atoms with van der Waals surface area (Å²) >= 11 is 0. The highest BCUT2D eigenvalue weighted by molar-refractivity contribution is 5.35. The summed E-state index contributed by atoms with van der Waals surface area (Å²) < 4.78 is 0. The summed E-state index contributed by atoms with van der Waals surface area (Å²) in [7, 11) is 2.05. The fraction of sp³-hybridized carbons (Fsp3) is 0.312. The van der Waals surface area contributed by atoms with Crippen LogP contribution in [0.5, 0.6) is 0 Å². The number of rotatable bonds is 3. The Hall–Kier alpha value is -1.71. The van der Waals surface area contributed by atoms with Crippen molar-refractivity contribution in [1.29, 1.82) is 0 Å². The molecule has 1 aliphatic carbocycles. The summed E-state index contributed by atoms with van der Waals surface area (Å²) in [6, 6.07) is 14.2. The third-order valence-electron chi connectivity index (χ3n) is 3.87. The van der Waals surface area contributed by atoms with Gasteiger partial charge in [-0.1, -0.05) is 30.3 Å². The maximum Gasteiger partial charge on any atom is 0.0951 e. The Bertz CT molecular complexity index is 556. The van der Waals surface area contributed by atoms with Gasteiger partial charge in [0.05, 0.1) is 11.8 Å². The summed E-state index contributed by atoms with van der Waals surface area (Å²) in [6.07, 6.45) is 2.31. The number of likely N-dealkylation sites (N-methyl/N-ethyl adjacent to an activating group) is 1. The van der Waals surface area contributed by atoms with Crippen LogP contribution in [-0.2, 0) is 13.0 Å². The average Bonchev–Trinajstić information content (AvgIpc) is 2.78. The molecule has 19 heavy (non-hydrogen) atoms. The van der Waals surface area contributed by atoms with E-state index in [0.717, 1.165) is 24.2 Å². The molecular weight excluding hydrogens is 236 g/mol. The van der Waals surface area contributed by atoms with E-state index in [0.29, 0.717) is 0 Å². The molecule has 2 unspecified atom stereocenters. The first-order valence-electron chi connectivity index (χ1n) is 6.62. The molecule has 1 aromatic heterocycles. The molecular formula is C16H18N2O. The van der Waals surface area contributed by atoms with E-state index >= 15 is 0 Å². The van der Waals surface area contributed by atoms with Gasteiger partial charge >= 0.3 is 0 Å². The highest BCUT2D eigenvalue weighted by Gasteiger charge is 2.33. The van der Waals surface area contributed by atoms with Crippen LogP contribution in [0.25, 0.3) is 0 Å². The Morgan fingerprint density at radius 2 is 2.00 bits per heavy atom. The van der Waals surface area contributed by atoms with Gasteiger partial charge in [0.2, 0.25) is 0 Å². The van der Waals surface area contributed by atoms with Crippen LogP contribution in [0.3, 0.4) is 0 Å². The smallest absolute Gasteiger partial charge is 0.0951 e. The number of benzene rings is 1. The number of aromatic nitrogens is 1. The third-order valence-corrected chi connectivity index (χ3v) is 3.87. The van der Waals surface area contributed by atoms with Crippen molar-refractivity contribution < 1.29 is 5.11 Å². The Balaban J connectivity index is 1.74. The Morgan fingerprint density at radius 3 is 2.74 bits per heavy atom. The van der Waals surface area contributed by atoms with Crippen LogP contribution < -0.4 is 0 Å². The zero-order valence-electron chi connectivity index (χ0n) is 11.0. The van der Waals surface area contributed by atoms with Gasteiger partial charge in [-0.15, -0.1) is 0 Å². The molecule has 2 aromatic rings. The maximum atomic E-state index is 10.4. The molecule has 3 rings (SSSR count). The zero-order chi connectivity index (χ0) is 13.2. The molecule has 1 N–H and O–H groups in total. The van der Waals surface area contributed by atoms with E-state index in [1.807, 2.05) is 42.6 Å². The van der Waals surface area contributed by atoms with Crippen molar-refractivity contribution in [3.63, 3.8) is 0 Å². The molecule has 0 saturated carbocycles. The maximum absolute atomic E-state index is 10.4. The van der Waals surface area contributed by atoms with E-state index in [2.05, 4.69) is 23.0 Å². The van der Waals surface area contributed by atoms with E-state index in [-0.39, 0.29) is 6.04 Å². The molecule has 0 saturated heterocycles. The molecule has 0 radical (unpaired) electrons. The summed E-state index contributed by atoms with van der Waals surface area (Å²) in [5.74, 6) is 0. The van der Waals surface area contributed by atoms with Crippen LogP contribution in [-0.4, -0.2) is 28.1 Å². The van der Waals surface area contributed by atoms with Crippen molar-refractivity contribution in [3.8, 4) is 0 Å². The average molecular weight is 254 g/mol. The number of hydrogen-bond donors (Lipinski definition) is 1. The van der Waals surface area contributed by atoms with Gasteiger partial charge in [-0.05, 0) is 36.7 Å². The molecule has 1 heterocycles. The van der Waals surface area contributed by atoms with Crippen LogP contribution >= 0.6 is 0 Å². The molecule has 0 amide bonds. The van der Waals surface area contributed by atoms with E-state index in [1.165, 1.54) is 5.56 Å².